The lowest BCUT2D eigenvalue weighted by molar-refractivity contribution is -0.131. The number of hydrogen-bond donors (Lipinski definition) is 1. The van der Waals surface area contributed by atoms with E-state index in [1.54, 1.807) is 37.8 Å². The maximum atomic E-state index is 12.3. The Labute approximate surface area is 146 Å². The van der Waals surface area contributed by atoms with Crippen molar-refractivity contribution in [2.24, 2.45) is 0 Å². The molecule has 1 N–H and O–H groups in total. The Hall–Kier alpha value is -2.97. The highest BCUT2D eigenvalue weighted by molar-refractivity contribution is 5.77. The van der Waals surface area contributed by atoms with Gasteiger partial charge in [0, 0.05) is 63.8 Å². The highest BCUT2D eigenvalue weighted by atomic mass is 16.5. The molecule has 0 aliphatic carbocycles. The van der Waals surface area contributed by atoms with Gasteiger partial charge in [-0.15, -0.1) is 0 Å². The third-order valence-corrected chi connectivity index (χ3v) is 3.93. The van der Waals surface area contributed by atoms with Crippen LogP contribution in [0, 0.1) is 0 Å². The molecule has 9 nitrogen and oxygen atoms in total. The van der Waals surface area contributed by atoms with Crippen molar-refractivity contribution < 1.29 is 9.53 Å². The van der Waals surface area contributed by atoms with Crippen LogP contribution >= 0.6 is 0 Å². The van der Waals surface area contributed by atoms with Gasteiger partial charge in [-0.05, 0) is 6.07 Å². The summed E-state index contributed by atoms with van der Waals surface area (Å²) in [7, 11) is 1.55. The molecule has 1 saturated heterocycles. The second kappa shape index (κ2) is 8.22. The number of carbonyl (C=O) groups excluding carboxylic acids is 1. The Kier molecular flexibility index (Phi) is 5.55. The van der Waals surface area contributed by atoms with Crippen LogP contribution in [0.15, 0.2) is 30.7 Å². The number of amides is 1. The van der Waals surface area contributed by atoms with Crippen LogP contribution in [0.5, 0.6) is 5.88 Å². The molecule has 2 aromatic heterocycles. The van der Waals surface area contributed by atoms with Crippen molar-refractivity contribution in [1.82, 2.24) is 24.8 Å². The minimum Gasteiger partial charge on any atom is -0.481 e. The number of aromatic nitrogens is 4. The Morgan fingerprint density at radius 1 is 1.16 bits per heavy atom. The number of methoxy groups -OCH3 is 1. The molecule has 0 aromatic carbocycles. The quantitative estimate of drug-likeness (QED) is 0.806. The van der Waals surface area contributed by atoms with Gasteiger partial charge in [0.15, 0.2) is 0 Å². The highest BCUT2D eigenvalue weighted by Crippen LogP contribution is 2.11. The second-order valence-corrected chi connectivity index (χ2v) is 5.52. The Bertz CT molecular complexity index is 690. The predicted molar refractivity (Wildman–Crippen MR) is 92.5 cm³/mol. The predicted octanol–water partition coefficient (Wildman–Crippen LogP) is 0.426. The molecule has 2 aromatic rings. The third kappa shape index (κ3) is 4.52. The van der Waals surface area contributed by atoms with Crippen molar-refractivity contribution in [2.45, 2.75) is 6.42 Å². The summed E-state index contributed by atoms with van der Waals surface area (Å²) >= 11 is 0. The van der Waals surface area contributed by atoms with Gasteiger partial charge in [-0.2, -0.15) is 4.98 Å². The Morgan fingerprint density at radius 3 is 2.64 bits per heavy atom. The molecule has 0 spiro atoms. The lowest BCUT2D eigenvalue weighted by atomic mass is 10.3. The first kappa shape index (κ1) is 16.9. The lowest BCUT2D eigenvalue weighted by Crippen LogP contribution is -2.49. The van der Waals surface area contributed by atoms with Gasteiger partial charge in [0.25, 0.3) is 0 Å². The minimum absolute atomic E-state index is 0.115. The fourth-order valence-corrected chi connectivity index (χ4v) is 2.59. The molecule has 1 fully saturated rings. The second-order valence-electron chi connectivity index (χ2n) is 5.52. The third-order valence-electron chi connectivity index (χ3n) is 3.93. The average Bonchev–Trinajstić information content (AvgIpc) is 2.69. The van der Waals surface area contributed by atoms with Crippen LogP contribution in [0.3, 0.4) is 0 Å². The summed E-state index contributed by atoms with van der Waals surface area (Å²) in [5.74, 6) is 1.77. The maximum absolute atomic E-state index is 12.3. The van der Waals surface area contributed by atoms with Gasteiger partial charge in [-0.3, -0.25) is 4.79 Å². The first-order valence-electron chi connectivity index (χ1n) is 8.17. The lowest BCUT2D eigenvalue weighted by Gasteiger charge is -2.34. The van der Waals surface area contributed by atoms with Crippen LogP contribution in [0.1, 0.15) is 6.42 Å². The molecule has 0 radical (unpaired) electrons. The van der Waals surface area contributed by atoms with E-state index in [-0.39, 0.29) is 5.91 Å². The standard InChI is InChI=1S/C16H21N7O2/c1-25-13-3-7-17-15(21-13)18-8-4-14(24)22-9-11-23(12-10-22)16-19-5-2-6-20-16/h2-3,5-7H,4,8-12H2,1H3,(H,17,18,21). The molecule has 1 amide bonds. The number of rotatable bonds is 6. The zero-order valence-electron chi connectivity index (χ0n) is 14.1. The molecular weight excluding hydrogens is 322 g/mol. The minimum atomic E-state index is 0.115. The summed E-state index contributed by atoms with van der Waals surface area (Å²) in [5.41, 5.74) is 0. The van der Waals surface area contributed by atoms with Gasteiger partial charge < -0.3 is 19.9 Å². The zero-order chi connectivity index (χ0) is 17.5. The van der Waals surface area contributed by atoms with Crippen LogP contribution in [0.25, 0.3) is 0 Å². The van der Waals surface area contributed by atoms with E-state index < -0.39 is 0 Å². The number of hydrogen-bond acceptors (Lipinski definition) is 8. The van der Waals surface area contributed by atoms with Crippen LogP contribution in [0.4, 0.5) is 11.9 Å². The molecule has 132 valence electrons. The largest absolute Gasteiger partial charge is 0.481 e. The number of nitrogens with one attached hydrogen (secondary N) is 1. The van der Waals surface area contributed by atoms with Gasteiger partial charge in [-0.1, -0.05) is 0 Å². The highest BCUT2D eigenvalue weighted by Gasteiger charge is 2.22. The Morgan fingerprint density at radius 2 is 1.92 bits per heavy atom. The SMILES string of the molecule is COc1ccnc(NCCC(=O)N2CCN(c3ncccn3)CC2)n1. The molecular formula is C16H21N7O2. The monoisotopic (exact) mass is 343 g/mol. The van der Waals surface area contributed by atoms with Gasteiger partial charge in [-0.25, -0.2) is 15.0 Å². The fraction of sp³-hybridized carbons (Fsp3) is 0.438. The molecule has 1 aliphatic rings. The van der Waals surface area contributed by atoms with Gasteiger partial charge in [0.2, 0.25) is 23.7 Å². The number of anilines is 2. The van der Waals surface area contributed by atoms with Gasteiger partial charge in [0.1, 0.15) is 0 Å². The zero-order valence-corrected chi connectivity index (χ0v) is 14.1. The summed E-state index contributed by atoms with van der Waals surface area (Å²) in [4.78, 5) is 33.0. The van der Waals surface area contributed by atoms with E-state index in [9.17, 15) is 4.79 Å². The summed E-state index contributed by atoms with van der Waals surface area (Å²) in [6.45, 7) is 3.30. The molecule has 3 heterocycles. The van der Waals surface area contributed by atoms with Crippen LogP contribution in [-0.2, 0) is 4.79 Å². The summed E-state index contributed by atoms with van der Waals surface area (Å²) in [6, 6.07) is 3.47. The van der Waals surface area contributed by atoms with E-state index in [1.807, 2.05) is 4.90 Å². The van der Waals surface area contributed by atoms with E-state index in [0.717, 1.165) is 13.1 Å². The number of carbonyl (C=O) groups is 1. The molecule has 25 heavy (non-hydrogen) atoms. The average molecular weight is 343 g/mol. The van der Waals surface area contributed by atoms with Crippen molar-refractivity contribution in [1.29, 1.82) is 0 Å². The van der Waals surface area contributed by atoms with Crippen molar-refractivity contribution >= 4 is 17.8 Å². The van der Waals surface area contributed by atoms with E-state index in [4.69, 9.17) is 4.74 Å². The molecule has 1 aliphatic heterocycles. The number of piperazine rings is 1. The molecule has 0 atom stereocenters. The summed E-state index contributed by atoms with van der Waals surface area (Å²) in [6.07, 6.45) is 5.46. The van der Waals surface area contributed by atoms with E-state index in [2.05, 4.69) is 30.2 Å². The summed E-state index contributed by atoms with van der Waals surface area (Å²) < 4.78 is 5.04. The molecule has 0 unspecified atom stereocenters. The van der Waals surface area contributed by atoms with Gasteiger partial charge >= 0.3 is 0 Å². The molecule has 0 bridgehead atoms. The summed E-state index contributed by atoms with van der Waals surface area (Å²) in [5, 5.41) is 3.04. The van der Waals surface area contributed by atoms with Gasteiger partial charge in [0.05, 0.1) is 7.11 Å². The van der Waals surface area contributed by atoms with Crippen LogP contribution in [-0.4, -0.2) is 70.6 Å². The molecule has 0 saturated carbocycles. The van der Waals surface area contributed by atoms with Crippen LogP contribution in [0.2, 0.25) is 0 Å². The normalized spacial score (nSPS) is 14.3. The Balaban J connectivity index is 1.42. The molecule has 3 rings (SSSR count). The van der Waals surface area contributed by atoms with Crippen molar-refractivity contribution in [2.75, 3.05) is 50.1 Å². The maximum Gasteiger partial charge on any atom is 0.225 e. The smallest absolute Gasteiger partial charge is 0.225 e. The molecule has 9 heteroatoms. The number of ether oxygens (including phenoxy) is 1. The van der Waals surface area contributed by atoms with E-state index in [1.165, 1.54) is 0 Å². The van der Waals surface area contributed by atoms with Crippen molar-refractivity contribution in [3.8, 4) is 5.88 Å². The van der Waals surface area contributed by atoms with Crippen molar-refractivity contribution in [3.63, 3.8) is 0 Å². The first-order chi connectivity index (χ1) is 12.3. The van der Waals surface area contributed by atoms with E-state index in [0.29, 0.717) is 43.8 Å². The fourth-order valence-electron chi connectivity index (χ4n) is 2.59. The first-order valence-corrected chi connectivity index (χ1v) is 8.17. The van der Waals surface area contributed by atoms with Crippen LogP contribution < -0.4 is 15.0 Å². The number of nitrogens with zero attached hydrogens (tertiary/aromatic N) is 6. The van der Waals surface area contributed by atoms with E-state index >= 15 is 0 Å². The van der Waals surface area contributed by atoms with Crippen molar-refractivity contribution in [3.05, 3.63) is 30.7 Å². The topological polar surface area (TPSA) is 96.4 Å².